The highest BCUT2D eigenvalue weighted by molar-refractivity contribution is 5.35. The molecule has 3 unspecified atom stereocenters. The van der Waals surface area contributed by atoms with Gasteiger partial charge in [0.1, 0.15) is 0 Å². The van der Waals surface area contributed by atoms with Gasteiger partial charge in [-0.3, -0.25) is 15.0 Å². The molecule has 0 radical (unpaired) electrons. The summed E-state index contributed by atoms with van der Waals surface area (Å²) < 4.78 is 5.55. The Balaban J connectivity index is 2.06. The minimum atomic E-state index is -0.734. The fourth-order valence-electron chi connectivity index (χ4n) is 2.43. The first-order valence-electron chi connectivity index (χ1n) is 6.77. The second kappa shape index (κ2) is 6.30. The number of nitro benzene ring substituents is 1. The highest BCUT2D eigenvalue weighted by Gasteiger charge is 2.27. The molecule has 1 fully saturated rings. The summed E-state index contributed by atoms with van der Waals surface area (Å²) in [5.74, 6) is 0. The lowest BCUT2D eigenvalue weighted by Crippen LogP contribution is -2.49. The number of rotatable bonds is 4. The molecule has 0 aliphatic carbocycles. The summed E-state index contributed by atoms with van der Waals surface area (Å²) in [5.41, 5.74) is 0.579. The van der Waals surface area contributed by atoms with Crippen molar-refractivity contribution in [3.05, 3.63) is 39.9 Å². The average molecular weight is 280 g/mol. The molecule has 0 amide bonds. The standard InChI is InChI=1S/C14H20N2O4/c1-10-11(2)20-7-6-15(10)9-14(17)12-4-3-5-13(8-12)16(18)19/h3-5,8,10-11,14,17H,6-7,9H2,1-2H3. The van der Waals surface area contributed by atoms with Crippen LogP contribution in [0.2, 0.25) is 0 Å². The van der Waals surface area contributed by atoms with Gasteiger partial charge in [-0.2, -0.15) is 0 Å². The number of nitrogens with zero attached hydrogens (tertiary/aromatic N) is 2. The molecule has 2 rings (SSSR count). The van der Waals surface area contributed by atoms with Crippen LogP contribution in [-0.4, -0.2) is 46.8 Å². The molecule has 1 aliphatic heterocycles. The fraction of sp³-hybridized carbons (Fsp3) is 0.571. The molecule has 1 heterocycles. The maximum Gasteiger partial charge on any atom is 0.269 e. The van der Waals surface area contributed by atoms with Gasteiger partial charge in [0.25, 0.3) is 5.69 Å². The predicted molar refractivity (Wildman–Crippen MR) is 74.5 cm³/mol. The van der Waals surface area contributed by atoms with Crippen LogP contribution in [0.15, 0.2) is 24.3 Å². The quantitative estimate of drug-likeness (QED) is 0.671. The van der Waals surface area contributed by atoms with Crippen molar-refractivity contribution in [2.45, 2.75) is 32.1 Å². The van der Waals surface area contributed by atoms with E-state index < -0.39 is 11.0 Å². The SMILES string of the molecule is CC1OCCN(CC(O)c2cccc([N+](=O)[O-])c2)C1C. The van der Waals surface area contributed by atoms with Gasteiger partial charge in [0.15, 0.2) is 0 Å². The summed E-state index contributed by atoms with van der Waals surface area (Å²) in [5, 5.41) is 21.0. The van der Waals surface area contributed by atoms with Gasteiger partial charge in [0.05, 0.1) is 23.7 Å². The molecule has 0 spiro atoms. The van der Waals surface area contributed by atoms with Crippen molar-refractivity contribution in [2.75, 3.05) is 19.7 Å². The summed E-state index contributed by atoms with van der Waals surface area (Å²) in [6.45, 7) is 5.93. The van der Waals surface area contributed by atoms with Gasteiger partial charge >= 0.3 is 0 Å². The van der Waals surface area contributed by atoms with E-state index in [1.165, 1.54) is 12.1 Å². The third kappa shape index (κ3) is 3.33. The number of nitro groups is 1. The highest BCUT2D eigenvalue weighted by Crippen LogP contribution is 2.22. The molecule has 1 aromatic carbocycles. The molecule has 0 bridgehead atoms. The molecule has 6 nitrogen and oxygen atoms in total. The number of benzene rings is 1. The molecule has 0 saturated carbocycles. The third-order valence-electron chi connectivity index (χ3n) is 3.89. The second-order valence-corrected chi connectivity index (χ2v) is 5.18. The zero-order chi connectivity index (χ0) is 14.7. The summed E-state index contributed by atoms with van der Waals surface area (Å²) in [4.78, 5) is 12.5. The van der Waals surface area contributed by atoms with Crippen LogP contribution in [-0.2, 0) is 4.74 Å². The van der Waals surface area contributed by atoms with Crippen LogP contribution < -0.4 is 0 Å². The van der Waals surface area contributed by atoms with E-state index in [9.17, 15) is 15.2 Å². The normalized spacial score (nSPS) is 25.4. The van der Waals surface area contributed by atoms with Crippen LogP contribution in [0.4, 0.5) is 5.69 Å². The lowest BCUT2D eigenvalue weighted by atomic mass is 10.1. The van der Waals surface area contributed by atoms with Crippen LogP contribution in [0, 0.1) is 10.1 Å². The smallest absolute Gasteiger partial charge is 0.269 e. The van der Waals surface area contributed by atoms with Crippen molar-refractivity contribution in [1.82, 2.24) is 4.90 Å². The maximum absolute atomic E-state index is 10.8. The van der Waals surface area contributed by atoms with E-state index in [-0.39, 0.29) is 17.8 Å². The zero-order valence-electron chi connectivity index (χ0n) is 11.7. The van der Waals surface area contributed by atoms with Crippen molar-refractivity contribution < 1.29 is 14.8 Å². The predicted octanol–water partition coefficient (Wildman–Crippen LogP) is 1.74. The molecular formula is C14H20N2O4. The van der Waals surface area contributed by atoms with Gasteiger partial charge in [-0.05, 0) is 19.4 Å². The van der Waals surface area contributed by atoms with Crippen LogP contribution >= 0.6 is 0 Å². The van der Waals surface area contributed by atoms with Crippen molar-refractivity contribution in [3.63, 3.8) is 0 Å². The molecule has 0 aromatic heterocycles. The first kappa shape index (κ1) is 14.9. The van der Waals surface area contributed by atoms with Crippen molar-refractivity contribution >= 4 is 5.69 Å². The Kier molecular flexibility index (Phi) is 4.69. The van der Waals surface area contributed by atoms with E-state index >= 15 is 0 Å². The van der Waals surface area contributed by atoms with E-state index in [0.717, 1.165) is 6.54 Å². The lowest BCUT2D eigenvalue weighted by Gasteiger charge is -2.38. The van der Waals surface area contributed by atoms with Crippen molar-refractivity contribution in [1.29, 1.82) is 0 Å². The topological polar surface area (TPSA) is 75.8 Å². The largest absolute Gasteiger partial charge is 0.387 e. The number of hydrogen-bond donors (Lipinski definition) is 1. The Hall–Kier alpha value is -1.50. The Labute approximate surface area is 118 Å². The summed E-state index contributed by atoms with van der Waals surface area (Å²) >= 11 is 0. The molecule has 1 N–H and O–H groups in total. The molecule has 3 atom stereocenters. The van der Waals surface area contributed by atoms with Crippen LogP contribution in [0.5, 0.6) is 0 Å². The lowest BCUT2D eigenvalue weighted by molar-refractivity contribution is -0.385. The first-order chi connectivity index (χ1) is 9.49. The van der Waals surface area contributed by atoms with E-state index in [0.29, 0.717) is 18.7 Å². The molecule has 1 aromatic rings. The fourth-order valence-corrected chi connectivity index (χ4v) is 2.43. The molecule has 6 heteroatoms. The minimum absolute atomic E-state index is 0.00458. The monoisotopic (exact) mass is 280 g/mol. The Morgan fingerprint density at radius 3 is 3.00 bits per heavy atom. The van der Waals surface area contributed by atoms with E-state index in [1.54, 1.807) is 12.1 Å². The highest BCUT2D eigenvalue weighted by atomic mass is 16.6. The number of ether oxygens (including phenoxy) is 1. The van der Waals surface area contributed by atoms with Gasteiger partial charge in [-0.25, -0.2) is 0 Å². The number of non-ortho nitro benzene ring substituents is 1. The van der Waals surface area contributed by atoms with Crippen molar-refractivity contribution in [2.24, 2.45) is 0 Å². The molecule has 1 saturated heterocycles. The number of β-amino-alcohol motifs (C(OH)–C–C–N with tert-alkyl or cyclic N) is 1. The zero-order valence-corrected chi connectivity index (χ0v) is 11.7. The Bertz CT molecular complexity index is 480. The van der Waals surface area contributed by atoms with Gasteiger partial charge in [0, 0.05) is 31.3 Å². The summed E-state index contributed by atoms with van der Waals surface area (Å²) in [6.07, 6.45) is -0.608. The number of hydrogen-bond acceptors (Lipinski definition) is 5. The number of aliphatic hydroxyl groups is 1. The molecular weight excluding hydrogens is 260 g/mol. The molecule has 110 valence electrons. The van der Waals surface area contributed by atoms with Crippen LogP contribution in [0.3, 0.4) is 0 Å². The Morgan fingerprint density at radius 1 is 1.55 bits per heavy atom. The van der Waals surface area contributed by atoms with Gasteiger partial charge in [0.2, 0.25) is 0 Å². The number of morpholine rings is 1. The van der Waals surface area contributed by atoms with Gasteiger partial charge < -0.3 is 9.84 Å². The van der Waals surface area contributed by atoms with E-state index in [2.05, 4.69) is 11.8 Å². The van der Waals surface area contributed by atoms with Crippen LogP contribution in [0.1, 0.15) is 25.5 Å². The molecule has 20 heavy (non-hydrogen) atoms. The van der Waals surface area contributed by atoms with Gasteiger partial charge in [-0.15, -0.1) is 0 Å². The average Bonchev–Trinajstić information content (AvgIpc) is 2.44. The third-order valence-corrected chi connectivity index (χ3v) is 3.89. The second-order valence-electron chi connectivity index (χ2n) is 5.18. The maximum atomic E-state index is 10.8. The Morgan fingerprint density at radius 2 is 2.30 bits per heavy atom. The molecule has 1 aliphatic rings. The minimum Gasteiger partial charge on any atom is -0.387 e. The van der Waals surface area contributed by atoms with Gasteiger partial charge in [-0.1, -0.05) is 12.1 Å². The van der Waals surface area contributed by atoms with E-state index in [1.807, 2.05) is 6.92 Å². The van der Waals surface area contributed by atoms with E-state index in [4.69, 9.17) is 4.74 Å². The summed E-state index contributed by atoms with van der Waals surface area (Å²) in [7, 11) is 0. The number of aliphatic hydroxyl groups excluding tert-OH is 1. The first-order valence-corrected chi connectivity index (χ1v) is 6.77. The van der Waals surface area contributed by atoms with Crippen LogP contribution in [0.25, 0.3) is 0 Å². The van der Waals surface area contributed by atoms with Crippen molar-refractivity contribution in [3.8, 4) is 0 Å². The summed E-state index contributed by atoms with van der Waals surface area (Å²) in [6, 6.07) is 6.39.